The van der Waals surface area contributed by atoms with Gasteiger partial charge < -0.3 is 20.1 Å². The number of aromatic nitrogens is 1. The zero-order valence-electron chi connectivity index (χ0n) is 20.7. The summed E-state index contributed by atoms with van der Waals surface area (Å²) in [5, 5.41) is 4.02. The molecule has 0 saturated carbocycles. The van der Waals surface area contributed by atoms with Crippen molar-refractivity contribution in [2.24, 2.45) is 0 Å². The Labute approximate surface area is 224 Å². The largest absolute Gasteiger partial charge is 0.361 e. The van der Waals surface area contributed by atoms with Gasteiger partial charge >= 0.3 is 6.03 Å². The number of anilines is 1. The van der Waals surface area contributed by atoms with Crippen molar-refractivity contribution in [2.45, 2.75) is 26.3 Å². The fraction of sp³-hybridized carbons (Fsp3) is 0.241. The summed E-state index contributed by atoms with van der Waals surface area (Å²) in [6.45, 7) is 3.14. The van der Waals surface area contributed by atoms with E-state index in [2.05, 4.69) is 32.3 Å². The number of hydrogen-bond acceptors (Lipinski definition) is 2. The van der Waals surface area contributed by atoms with Crippen LogP contribution in [0.2, 0.25) is 0 Å². The number of rotatable bonds is 10. The topological polar surface area (TPSA) is 68.4 Å². The summed E-state index contributed by atoms with van der Waals surface area (Å²) in [5.74, 6) is -0.488. The molecule has 4 rings (SSSR count). The molecule has 192 valence electrons. The molecule has 6 nitrogen and oxygen atoms in total. The average Bonchev–Trinajstić information content (AvgIpc) is 3.31. The molecule has 3 amide bonds. The van der Waals surface area contributed by atoms with Crippen LogP contribution in [0.25, 0.3) is 10.9 Å². The second-order valence-corrected chi connectivity index (χ2v) is 9.74. The Morgan fingerprint density at radius 1 is 0.946 bits per heavy atom. The standard InChI is InChI=1S/C29H30BrFN4O2/c1-2-16-35(29(37)33-27-10-6-4-8-25(27)30)20-28(36)34(19-21-11-13-23(31)14-12-21)17-15-22-18-32-26-9-5-3-7-24(22)26/h3-14,18,32H,2,15-17,19-20H2,1H3,(H,33,37). The lowest BCUT2D eigenvalue weighted by Crippen LogP contribution is -2.45. The summed E-state index contributed by atoms with van der Waals surface area (Å²) in [6.07, 6.45) is 3.33. The number of H-pyrrole nitrogens is 1. The van der Waals surface area contributed by atoms with Gasteiger partial charge in [-0.3, -0.25) is 4.79 Å². The number of benzene rings is 3. The third-order valence-electron chi connectivity index (χ3n) is 6.19. The van der Waals surface area contributed by atoms with Crippen LogP contribution in [0.5, 0.6) is 0 Å². The number of para-hydroxylation sites is 2. The molecule has 1 aromatic heterocycles. The molecule has 1 heterocycles. The molecule has 2 N–H and O–H groups in total. The first-order valence-corrected chi connectivity index (χ1v) is 13.1. The van der Waals surface area contributed by atoms with Crippen LogP contribution in [-0.4, -0.2) is 46.4 Å². The van der Waals surface area contributed by atoms with Crippen molar-refractivity contribution in [1.82, 2.24) is 14.8 Å². The van der Waals surface area contributed by atoms with Crippen LogP contribution in [-0.2, 0) is 17.8 Å². The predicted molar refractivity (Wildman–Crippen MR) is 149 cm³/mol. The molecule has 0 unspecified atom stereocenters. The number of fused-ring (bicyclic) bond motifs is 1. The van der Waals surface area contributed by atoms with E-state index in [9.17, 15) is 14.0 Å². The molecule has 0 bridgehead atoms. The van der Waals surface area contributed by atoms with E-state index >= 15 is 0 Å². The zero-order chi connectivity index (χ0) is 26.2. The minimum atomic E-state index is -0.333. The molecular formula is C29H30BrFN4O2. The van der Waals surface area contributed by atoms with Crippen LogP contribution >= 0.6 is 15.9 Å². The molecule has 0 saturated heterocycles. The van der Waals surface area contributed by atoms with Crippen molar-refractivity contribution in [3.8, 4) is 0 Å². The Balaban J connectivity index is 1.50. The molecule has 8 heteroatoms. The molecule has 0 atom stereocenters. The molecule has 4 aromatic rings. The van der Waals surface area contributed by atoms with E-state index in [1.54, 1.807) is 23.1 Å². The van der Waals surface area contributed by atoms with Gasteiger partial charge in [-0.05, 0) is 70.2 Å². The third kappa shape index (κ3) is 6.98. The predicted octanol–water partition coefficient (Wildman–Crippen LogP) is 6.58. The highest BCUT2D eigenvalue weighted by atomic mass is 79.9. The van der Waals surface area contributed by atoms with E-state index in [4.69, 9.17) is 0 Å². The van der Waals surface area contributed by atoms with E-state index in [0.717, 1.165) is 26.5 Å². The Morgan fingerprint density at radius 2 is 1.68 bits per heavy atom. The number of aromatic amines is 1. The molecule has 3 aromatic carbocycles. The van der Waals surface area contributed by atoms with Crippen molar-refractivity contribution in [2.75, 3.05) is 25.0 Å². The molecule has 0 spiro atoms. The summed E-state index contributed by atoms with van der Waals surface area (Å²) in [4.78, 5) is 33.2. The number of nitrogens with one attached hydrogen (secondary N) is 2. The van der Waals surface area contributed by atoms with Crippen molar-refractivity contribution in [1.29, 1.82) is 0 Å². The van der Waals surface area contributed by atoms with E-state index in [0.29, 0.717) is 38.2 Å². The second kappa shape index (κ2) is 12.5. The van der Waals surface area contributed by atoms with Crippen LogP contribution in [0.3, 0.4) is 0 Å². The van der Waals surface area contributed by atoms with Crippen LogP contribution in [0, 0.1) is 5.82 Å². The van der Waals surface area contributed by atoms with Gasteiger partial charge in [0.05, 0.1) is 5.69 Å². The molecule has 0 fully saturated rings. The Hall–Kier alpha value is -3.65. The first kappa shape index (κ1) is 26.4. The van der Waals surface area contributed by atoms with Gasteiger partial charge in [0.15, 0.2) is 0 Å². The SMILES string of the molecule is CCCN(CC(=O)N(CCc1c[nH]c2ccccc12)Cc1ccc(F)cc1)C(=O)Nc1ccccc1Br. The van der Waals surface area contributed by atoms with Crippen molar-refractivity contribution < 1.29 is 14.0 Å². The molecule has 37 heavy (non-hydrogen) atoms. The first-order valence-electron chi connectivity index (χ1n) is 12.3. The van der Waals surface area contributed by atoms with Gasteiger partial charge in [-0.15, -0.1) is 0 Å². The fourth-order valence-corrected chi connectivity index (χ4v) is 4.62. The number of hydrogen-bond donors (Lipinski definition) is 2. The van der Waals surface area contributed by atoms with Crippen molar-refractivity contribution in [3.63, 3.8) is 0 Å². The van der Waals surface area contributed by atoms with Crippen LogP contribution < -0.4 is 5.32 Å². The van der Waals surface area contributed by atoms with E-state index < -0.39 is 0 Å². The van der Waals surface area contributed by atoms with Gasteiger partial charge in [0.25, 0.3) is 0 Å². The van der Waals surface area contributed by atoms with Crippen LogP contribution in [0.15, 0.2) is 83.5 Å². The van der Waals surface area contributed by atoms with Gasteiger partial charge in [0.2, 0.25) is 5.91 Å². The van der Waals surface area contributed by atoms with Gasteiger partial charge in [0, 0.05) is 41.2 Å². The van der Waals surface area contributed by atoms with Gasteiger partial charge in [-0.2, -0.15) is 0 Å². The minimum Gasteiger partial charge on any atom is -0.361 e. The van der Waals surface area contributed by atoms with Gasteiger partial charge in [-0.25, -0.2) is 9.18 Å². The smallest absolute Gasteiger partial charge is 0.322 e. The number of carbonyl (C=O) groups is 2. The summed E-state index contributed by atoms with van der Waals surface area (Å²) in [5.41, 5.74) is 3.63. The molecule has 0 aliphatic heterocycles. The molecule has 0 aliphatic rings. The zero-order valence-corrected chi connectivity index (χ0v) is 22.3. The Bertz CT molecular complexity index is 1360. The lowest BCUT2D eigenvalue weighted by molar-refractivity contribution is -0.132. The number of urea groups is 1. The summed E-state index contributed by atoms with van der Waals surface area (Å²) < 4.78 is 14.2. The van der Waals surface area contributed by atoms with Crippen molar-refractivity contribution >= 4 is 44.5 Å². The summed E-state index contributed by atoms with van der Waals surface area (Å²) in [7, 11) is 0. The van der Waals surface area contributed by atoms with Crippen LogP contribution in [0.1, 0.15) is 24.5 Å². The number of halogens is 2. The molecule has 0 aliphatic carbocycles. The maximum absolute atomic E-state index is 13.6. The lowest BCUT2D eigenvalue weighted by Gasteiger charge is -2.28. The third-order valence-corrected chi connectivity index (χ3v) is 6.88. The first-order chi connectivity index (χ1) is 17.9. The second-order valence-electron chi connectivity index (χ2n) is 8.88. The van der Waals surface area contributed by atoms with E-state index in [1.165, 1.54) is 17.0 Å². The molecule has 0 radical (unpaired) electrons. The summed E-state index contributed by atoms with van der Waals surface area (Å²) in [6, 6.07) is 21.2. The highest BCUT2D eigenvalue weighted by Crippen LogP contribution is 2.22. The number of carbonyl (C=O) groups excluding carboxylic acids is 2. The van der Waals surface area contributed by atoms with Crippen molar-refractivity contribution in [3.05, 3.63) is 100 Å². The maximum atomic E-state index is 13.6. The van der Waals surface area contributed by atoms with Gasteiger partial charge in [0.1, 0.15) is 12.4 Å². The number of nitrogens with zero attached hydrogens (tertiary/aromatic N) is 2. The Kier molecular flexibility index (Phi) is 8.95. The Morgan fingerprint density at radius 3 is 2.43 bits per heavy atom. The van der Waals surface area contributed by atoms with E-state index in [1.807, 2.05) is 49.5 Å². The normalized spacial score (nSPS) is 10.9. The maximum Gasteiger partial charge on any atom is 0.322 e. The molecular weight excluding hydrogens is 535 g/mol. The lowest BCUT2D eigenvalue weighted by atomic mass is 10.1. The van der Waals surface area contributed by atoms with E-state index in [-0.39, 0.29) is 24.3 Å². The minimum absolute atomic E-state index is 0.0563. The highest BCUT2D eigenvalue weighted by molar-refractivity contribution is 9.10. The van der Waals surface area contributed by atoms with Crippen LogP contribution in [0.4, 0.5) is 14.9 Å². The summed E-state index contributed by atoms with van der Waals surface area (Å²) >= 11 is 3.45. The average molecular weight is 565 g/mol. The monoisotopic (exact) mass is 564 g/mol. The van der Waals surface area contributed by atoms with Gasteiger partial charge in [-0.1, -0.05) is 49.4 Å². The number of amides is 3. The highest BCUT2D eigenvalue weighted by Gasteiger charge is 2.22. The quantitative estimate of drug-likeness (QED) is 0.228. The fourth-order valence-electron chi connectivity index (χ4n) is 4.24.